The van der Waals surface area contributed by atoms with Gasteiger partial charge in [0, 0.05) is 39.3 Å². The van der Waals surface area contributed by atoms with Crippen LogP contribution in [0.1, 0.15) is 48.2 Å². The Labute approximate surface area is 237 Å². The fraction of sp³-hybridized carbons (Fsp3) is 0.355. The molecule has 0 spiro atoms. The lowest BCUT2D eigenvalue weighted by Gasteiger charge is -2.43. The van der Waals surface area contributed by atoms with E-state index < -0.39 is 6.03 Å². The average molecular weight is 556 g/mol. The second-order valence-corrected chi connectivity index (χ2v) is 11.5. The molecule has 1 aliphatic carbocycles. The van der Waals surface area contributed by atoms with Gasteiger partial charge in [0.05, 0.1) is 42.8 Å². The summed E-state index contributed by atoms with van der Waals surface area (Å²) in [6, 6.07) is 13.3. The van der Waals surface area contributed by atoms with Crippen LogP contribution >= 0.6 is 11.6 Å². The third-order valence-corrected chi connectivity index (χ3v) is 9.14. The highest BCUT2D eigenvalue weighted by Gasteiger charge is 2.46. The quantitative estimate of drug-likeness (QED) is 0.336. The number of benzene rings is 2. The highest BCUT2D eigenvalue weighted by molar-refractivity contribution is 6.32. The predicted molar refractivity (Wildman–Crippen MR) is 154 cm³/mol. The maximum absolute atomic E-state index is 13.8. The van der Waals surface area contributed by atoms with Crippen molar-refractivity contribution >= 4 is 40.0 Å². The van der Waals surface area contributed by atoms with Crippen molar-refractivity contribution in [1.29, 1.82) is 0 Å². The van der Waals surface area contributed by atoms with Crippen LogP contribution in [-0.2, 0) is 9.53 Å². The van der Waals surface area contributed by atoms with Crippen molar-refractivity contribution < 1.29 is 14.3 Å². The fourth-order valence-electron chi connectivity index (χ4n) is 6.83. The third-order valence-electron chi connectivity index (χ3n) is 8.81. The van der Waals surface area contributed by atoms with Crippen LogP contribution in [0.5, 0.6) is 0 Å². The minimum Gasteiger partial charge on any atom is -0.377 e. The van der Waals surface area contributed by atoms with Gasteiger partial charge in [-0.2, -0.15) is 5.10 Å². The molecule has 1 saturated carbocycles. The monoisotopic (exact) mass is 555 g/mol. The molecule has 204 valence electrons. The number of carbonyl (C=O) groups is 2. The number of amides is 3. The van der Waals surface area contributed by atoms with Crippen LogP contribution in [0.15, 0.2) is 54.9 Å². The molecule has 3 aliphatic rings. The molecule has 0 bridgehead atoms. The zero-order valence-corrected chi connectivity index (χ0v) is 23.2. The van der Waals surface area contributed by atoms with Gasteiger partial charge in [0.15, 0.2) is 0 Å². The van der Waals surface area contributed by atoms with Gasteiger partial charge in [-0.1, -0.05) is 48.0 Å². The number of halogens is 1. The summed E-state index contributed by atoms with van der Waals surface area (Å²) in [7, 11) is 0. The second-order valence-electron chi connectivity index (χ2n) is 11.1. The van der Waals surface area contributed by atoms with Gasteiger partial charge < -0.3 is 10.1 Å². The number of imide groups is 1. The van der Waals surface area contributed by atoms with Gasteiger partial charge >= 0.3 is 6.03 Å². The van der Waals surface area contributed by atoms with E-state index in [2.05, 4.69) is 28.0 Å². The molecule has 3 amide bonds. The predicted octanol–water partition coefficient (Wildman–Crippen LogP) is 5.95. The minimum atomic E-state index is -0.403. The number of anilines is 1. The van der Waals surface area contributed by atoms with Crippen LogP contribution in [0.4, 0.5) is 10.5 Å². The first-order valence-corrected chi connectivity index (χ1v) is 14.2. The highest BCUT2D eigenvalue weighted by Crippen LogP contribution is 2.46. The summed E-state index contributed by atoms with van der Waals surface area (Å²) in [5.74, 6) is -0.373. The van der Waals surface area contributed by atoms with E-state index in [-0.39, 0.29) is 29.8 Å². The molecule has 0 radical (unpaired) electrons. The highest BCUT2D eigenvalue weighted by atomic mass is 35.5. The number of aryl methyl sites for hydroxylation is 1. The number of pyridine rings is 1. The SMILES string of the molecule is Cc1nn(C2COC2)c(C)c1-c1cccc(Cl)c1C1CCC2C(=O)N(c3cncc4ccccc34)C(=O)NC2C1. The third kappa shape index (κ3) is 3.92. The zero-order valence-electron chi connectivity index (χ0n) is 22.4. The van der Waals surface area contributed by atoms with Crippen molar-refractivity contribution in [2.24, 2.45) is 5.92 Å². The molecule has 3 unspecified atom stereocenters. The lowest BCUT2D eigenvalue weighted by molar-refractivity contribution is -0.124. The first kappa shape index (κ1) is 25.2. The number of aromatic nitrogens is 3. The van der Waals surface area contributed by atoms with Gasteiger partial charge in [-0.15, -0.1) is 0 Å². The van der Waals surface area contributed by atoms with E-state index in [1.807, 2.05) is 43.3 Å². The number of ether oxygens (including phenoxy) is 1. The van der Waals surface area contributed by atoms with Crippen LogP contribution in [-0.4, -0.2) is 46.0 Å². The van der Waals surface area contributed by atoms with E-state index in [9.17, 15) is 9.59 Å². The zero-order chi connectivity index (χ0) is 27.5. The van der Waals surface area contributed by atoms with E-state index in [1.54, 1.807) is 12.4 Å². The molecule has 40 heavy (non-hydrogen) atoms. The van der Waals surface area contributed by atoms with Gasteiger partial charge in [0.1, 0.15) is 0 Å². The summed E-state index contributed by atoms with van der Waals surface area (Å²) in [4.78, 5) is 32.8. The normalized spacial score (nSPS) is 23.2. The van der Waals surface area contributed by atoms with Gasteiger partial charge in [-0.25, -0.2) is 9.69 Å². The summed E-state index contributed by atoms with van der Waals surface area (Å²) in [6.07, 6.45) is 5.44. The number of urea groups is 1. The Morgan fingerprint density at radius 1 is 1.02 bits per heavy atom. The Balaban J connectivity index is 1.20. The van der Waals surface area contributed by atoms with Crippen molar-refractivity contribution in [3.8, 4) is 11.1 Å². The van der Waals surface area contributed by atoms with Gasteiger partial charge in [-0.3, -0.25) is 14.5 Å². The number of carbonyl (C=O) groups excluding carboxylic acids is 2. The van der Waals surface area contributed by atoms with E-state index >= 15 is 0 Å². The molecular weight excluding hydrogens is 526 g/mol. The maximum atomic E-state index is 13.8. The summed E-state index contributed by atoms with van der Waals surface area (Å²) in [5.41, 5.74) is 5.83. The van der Waals surface area contributed by atoms with Crippen LogP contribution < -0.4 is 10.2 Å². The molecule has 4 aromatic rings. The molecule has 8 nitrogen and oxygen atoms in total. The Morgan fingerprint density at radius 3 is 2.65 bits per heavy atom. The Hall–Kier alpha value is -3.75. The summed E-state index contributed by atoms with van der Waals surface area (Å²) in [6.45, 7) is 5.49. The Kier molecular flexibility index (Phi) is 6.13. The van der Waals surface area contributed by atoms with Crippen LogP contribution in [0.3, 0.4) is 0 Å². The number of nitrogens with zero attached hydrogens (tertiary/aromatic N) is 4. The molecule has 2 aliphatic heterocycles. The van der Waals surface area contributed by atoms with Crippen molar-refractivity contribution in [2.45, 2.75) is 51.1 Å². The minimum absolute atomic E-state index is 0.0954. The van der Waals surface area contributed by atoms with E-state index in [4.69, 9.17) is 21.4 Å². The number of rotatable bonds is 4. The molecule has 1 N–H and O–H groups in total. The molecule has 3 atom stereocenters. The number of fused-ring (bicyclic) bond motifs is 2. The first-order chi connectivity index (χ1) is 19.4. The second kappa shape index (κ2) is 9.71. The average Bonchev–Trinajstić information content (AvgIpc) is 3.20. The van der Waals surface area contributed by atoms with Gasteiger partial charge in [0.2, 0.25) is 5.91 Å². The number of nitrogens with one attached hydrogen (secondary N) is 1. The van der Waals surface area contributed by atoms with Crippen LogP contribution in [0.2, 0.25) is 5.02 Å². The number of hydrogen-bond acceptors (Lipinski definition) is 5. The largest absolute Gasteiger partial charge is 0.377 e. The molecule has 2 aromatic carbocycles. The summed E-state index contributed by atoms with van der Waals surface area (Å²) < 4.78 is 7.49. The van der Waals surface area contributed by atoms with E-state index in [1.165, 1.54) is 4.90 Å². The molecular formula is C31H30ClN5O3. The smallest absolute Gasteiger partial charge is 0.329 e. The summed E-state index contributed by atoms with van der Waals surface area (Å²) in [5, 5.41) is 10.4. The topological polar surface area (TPSA) is 89.4 Å². The van der Waals surface area contributed by atoms with Gasteiger partial charge in [0.25, 0.3) is 0 Å². The molecule has 2 saturated heterocycles. The maximum Gasteiger partial charge on any atom is 0.329 e. The Bertz CT molecular complexity index is 1660. The molecule has 4 heterocycles. The van der Waals surface area contributed by atoms with Crippen molar-refractivity contribution in [2.75, 3.05) is 18.1 Å². The first-order valence-electron chi connectivity index (χ1n) is 13.8. The molecule has 2 aromatic heterocycles. The Morgan fingerprint density at radius 2 is 1.85 bits per heavy atom. The van der Waals surface area contributed by atoms with E-state index in [0.29, 0.717) is 36.8 Å². The van der Waals surface area contributed by atoms with Crippen LogP contribution in [0, 0.1) is 19.8 Å². The molecule has 7 rings (SSSR count). The lowest BCUT2D eigenvalue weighted by Crippen LogP contribution is -2.61. The van der Waals surface area contributed by atoms with E-state index in [0.717, 1.165) is 45.3 Å². The van der Waals surface area contributed by atoms with Crippen molar-refractivity contribution in [3.05, 3.63) is 76.8 Å². The number of hydrogen-bond donors (Lipinski definition) is 1. The standard InChI is InChI=1S/C31H30ClN5O3/c1-17-28(18(2)37(35-17)21-15-40-16-21)24-8-5-9-25(32)29(24)19-10-11-23-26(12-19)34-31(39)36(30(23)38)27-14-33-13-20-6-3-4-7-22(20)27/h3-9,13-14,19,21,23,26H,10-12,15-16H2,1-2H3,(H,34,39). The lowest BCUT2D eigenvalue weighted by atomic mass is 9.72. The summed E-state index contributed by atoms with van der Waals surface area (Å²) >= 11 is 6.90. The van der Waals surface area contributed by atoms with Crippen molar-refractivity contribution in [3.63, 3.8) is 0 Å². The van der Waals surface area contributed by atoms with Crippen molar-refractivity contribution in [1.82, 2.24) is 20.1 Å². The van der Waals surface area contributed by atoms with Gasteiger partial charge in [-0.05, 0) is 56.2 Å². The van der Waals surface area contributed by atoms with Crippen LogP contribution in [0.25, 0.3) is 21.9 Å². The molecule has 3 fully saturated rings. The molecule has 9 heteroatoms. The fourth-order valence-corrected chi connectivity index (χ4v) is 7.16.